The second-order valence-electron chi connectivity index (χ2n) is 1.81. The van der Waals surface area contributed by atoms with Crippen molar-refractivity contribution in [1.82, 2.24) is 0 Å². The average Bonchev–Trinajstić information content (AvgIpc) is 1.77. The minimum atomic E-state index is 1.20. The standard InChI is InChI=1S/C7H8Se/c1-6-2-4-7(8)5-3-6/h2-5,8H,1H3/p-1. The molecule has 0 bridgehead atoms. The molecule has 0 aromatic heterocycles. The molecular weight excluding hydrogens is 163 g/mol. The molecule has 0 radical (unpaired) electrons. The third-order valence-corrected chi connectivity index (χ3v) is 1.59. The van der Waals surface area contributed by atoms with Gasteiger partial charge in [-0.05, 0) is 0 Å². The quantitative estimate of drug-likeness (QED) is 0.505. The summed E-state index contributed by atoms with van der Waals surface area (Å²) in [4.78, 5) is 0. The normalized spacial score (nSPS) is 9.12. The second kappa shape index (κ2) is 2.34. The summed E-state index contributed by atoms with van der Waals surface area (Å²) >= 11 is 2.93. The molecule has 1 heteroatoms. The summed E-state index contributed by atoms with van der Waals surface area (Å²) in [5.74, 6) is 0. The van der Waals surface area contributed by atoms with E-state index < -0.39 is 0 Å². The van der Waals surface area contributed by atoms with Crippen LogP contribution in [0.4, 0.5) is 0 Å². The Balaban J connectivity index is 3.03. The zero-order valence-electron chi connectivity index (χ0n) is 4.72. The van der Waals surface area contributed by atoms with E-state index >= 15 is 0 Å². The van der Waals surface area contributed by atoms with Crippen molar-refractivity contribution in [3.05, 3.63) is 29.8 Å². The van der Waals surface area contributed by atoms with Crippen molar-refractivity contribution in [3.8, 4) is 0 Å². The van der Waals surface area contributed by atoms with Crippen LogP contribution in [0.1, 0.15) is 5.56 Å². The van der Waals surface area contributed by atoms with Crippen LogP contribution in [0, 0.1) is 6.92 Å². The monoisotopic (exact) mass is 171 g/mol. The van der Waals surface area contributed by atoms with Crippen LogP contribution in [0.25, 0.3) is 0 Å². The zero-order chi connectivity index (χ0) is 5.98. The van der Waals surface area contributed by atoms with E-state index in [-0.39, 0.29) is 0 Å². The Morgan fingerprint density at radius 1 is 1.12 bits per heavy atom. The van der Waals surface area contributed by atoms with Crippen LogP contribution in [-0.4, -0.2) is 16.0 Å². The summed E-state index contributed by atoms with van der Waals surface area (Å²) in [5.41, 5.74) is 1.31. The molecule has 0 aliphatic rings. The van der Waals surface area contributed by atoms with Gasteiger partial charge in [-0.15, -0.1) is 0 Å². The van der Waals surface area contributed by atoms with Crippen LogP contribution in [0.15, 0.2) is 24.3 Å². The second-order valence-corrected chi connectivity index (χ2v) is 2.80. The fraction of sp³-hybridized carbons (Fsp3) is 0.143. The Bertz CT molecular complexity index is 143. The first-order chi connectivity index (χ1) is 3.79. The van der Waals surface area contributed by atoms with Crippen LogP contribution in [0.5, 0.6) is 0 Å². The molecule has 1 rings (SSSR count). The first-order valence-electron chi connectivity index (χ1n) is 2.53. The van der Waals surface area contributed by atoms with E-state index in [1.54, 1.807) is 0 Å². The Morgan fingerprint density at radius 3 is 2.00 bits per heavy atom. The van der Waals surface area contributed by atoms with Gasteiger partial charge < -0.3 is 0 Å². The van der Waals surface area contributed by atoms with E-state index in [2.05, 4.69) is 47.2 Å². The topological polar surface area (TPSA) is 0 Å². The van der Waals surface area contributed by atoms with Crippen molar-refractivity contribution in [2.75, 3.05) is 0 Å². The van der Waals surface area contributed by atoms with Gasteiger partial charge in [-0.2, -0.15) is 0 Å². The summed E-state index contributed by atoms with van der Waals surface area (Å²) in [6.07, 6.45) is 0. The van der Waals surface area contributed by atoms with E-state index in [1.165, 1.54) is 10.0 Å². The maximum atomic E-state index is 2.93. The van der Waals surface area contributed by atoms with Crippen LogP contribution in [0.2, 0.25) is 0 Å². The van der Waals surface area contributed by atoms with Gasteiger partial charge in [0.05, 0.1) is 0 Å². The maximum absolute atomic E-state index is 2.93. The van der Waals surface area contributed by atoms with E-state index in [4.69, 9.17) is 0 Å². The molecule has 1 aromatic carbocycles. The summed E-state index contributed by atoms with van der Waals surface area (Å²) < 4.78 is 1.20. The Morgan fingerprint density at radius 2 is 1.62 bits per heavy atom. The molecule has 0 amide bonds. The number of hydrogen-bond donors (Lipinski definition) is 0. The molecule has 1 aromatic rings. The molecule has 0 spiro atoms. The van der Waals surface area contributed by atoms with E-state index in [0.29, 0.717) is 0 Å². The van der Waals surface area contributed by atoms with Crippen molar-refractivity contribution in [1.29, 1.82) is 0 Å². The van der Waals surface area contributed by atoms with Crippen LogP contribution < -0.4 is 4.46 Å². The molecule has 0 aliphatic carbocycles. The third kappa shape index (κ3) is 1.36. The molecular formula is C7H7Se-. The van der Waals surface area contributed by atoms with E-state index in [1.807, 2.05) is 0 Å². The number of aryl methyl sites for hydroxylation is 1. The van der Waals surface area contributed by atoms with Gasteiger partial charge >= 0.3 is 57.2 Å². The summed E-state index contributed by atoms with van der Waals surface area (Å²) in [7, 11) is 0. The predicted octanol–water partition coefficient (Wildman–Crippen LogP) is 0.789. The van der Waals surface area contributed by atoms with Gasteiger partial charge in [-0.1, -0.05) is 0 Å². The van der Waals surface area contributed by atoms with Crippen molar-refractivity contribution < 1.29 is 0 Å². The van der Waals surface area contributed by atoms with Crippen molar-refractivity contribution in [3.63, 3.8) is 0 Å². The fourth-order valence-electron chi connectivity index (χ4n) is 0.538. The molecule has 0 heterocycles. The molecule has 0 saturated heterocycles. The van der Waals surface area contributed by atoms with Gasteiger partial charge in [0.25, 0.3) is 0 Å². The molecule has 0 fully saturated rings. The van der Waals surface area contributed by atoms with Crippen molar-refractivity contribution >= 4 is 20.5 Å². The van der Waals surface area contributed by atoms with E-state index in [9.17, 15) is 0 Å². The fourth-order valence-corrected chi connectivity index (χ4v) is 0.824. The Kier molecular flexibility index (Phi) is 1.72. The number of rotatable bonds is 0. The molecule has 0 N–H and O–H groups in total. The van der Waals surface area contributed by atoms with Gasteiger partial charge in [0.2, 0.25) is 0 Å². The van der Waals surface area contributed by atoms with Crippen molar-refractivity contribution in [2.24, 2.45) is 0 Å². The SMILES string of the molecule is Cc1ccc([Se-])cc1. The Labute approximate surface area is 57.7 Å². The zero-order valence-corrected chi connectivity index (χ0v) is 6.43. The van der Waals surface area contributed by atoms with Gasteiger partial charge in [0, 0.05) is 0 Å². The molecule has 0 saturated carbocycles. The number of benzene rings is 1. The van der Waals surface area contributed by atoms with Gasteiger partial charge in [-0.25, -0.2) is 0 Å². The van der Waals surface area contributed by atoms with Crippen LogP contribution in [-0.2, 0) is 0 Å². The van der Waals surface area contributed by atoms with Gasteiger partial charge in [-0.3, -0.25) is 0 Å². The Hall–Kier alpha value is -0.261. The molecule has 8 heavy (non-hydrogen) atoms. The average molecular weight is 170 g/mol. The van der Waals surface area contributed by atoms with Crippen LogP contribution >= 0.6 is 0 Å². The summed E-state index contributed by atoms with van der Waals surface area (Å²) in [6.45, 7) is 2.08. The minimum absolute atomic E-state index is 1.20. The van der Waals surface area contributed by atoms with Gasteiger partial charge in [0.15, 0.2) is 0 Å². The van der Waals surface area contributed by atoms with Crippen molar-refractivity contribution in [2.45, 2.75) is 6.92 Å². The summed E-state index contributed by atoms with van der Waals surface area (Å²) in [6, 6.07) is 8.31. The molecule has 0 aliphatic heterocycles. The molecule has 0 atom stereocenters. The van der Waals surface area contributed by atoms with Crippen LogP contribution in [0.3, 0.4) is 0 Å². The molecule has 42 valence electrons. The summed E-state index contributed by atoms with van der Waals surface area (Å²) in [5, 5.41) is 0. The third-order valence-electron chi connectivity index (χ3n) is 1.02. The first-order valence-corrected chi connectivity index (χ1v) is 3.38. The molecule has 0 nitrogen and oxygen atoms in total. The first kappa shape index (κ1) is 5.87. The number of hydrogen-bond acceptors (Lipinski definition) is 0. The van der Waals surface area contributed by atoms with E-state index in [0.717, 1.165) is 0 Å². The molecule has 0 unspecified atom stereocenters. The predicted molar refractivity (Wildman–Crippen MR) is 36.6 cm³/mol. The van der Waals surface area contributed by atoms with Gasteiger partial charge in [0.1, 0.15) is 0 Å².